The van der Waals surface area contributed by atoms with E-state index >= 15 is 0 Å². The molecule has 21 heavy (non-hydrogen) atoms. The van der Waals surface area contributed by atoms with Gasteiger partial charge in [-0.2, -0.15) is 0 Å². The van der Waals surface area contributed by atoms with Crippen LogP contribution < -0.4 is 10.1 Å². The molecular formula is C17H21NO2S. The van der Waals surface area contributed by atoms with Crippen molar-refractivity contribution in [3.05, 3.63) is 52.2 Å². The molecule has 1 aromatic heterocycles. The first-order valence-electron chi connectivity index (χ1n) is 7.47. The molecule has 3 nitrogen and oxygen atoms in total. The van der Waals surface area contributed by atoms with Crippen LogP contribution in [0.5, 0.6) is 5.75 Å². The summed E-state index contributed by atoms with van der Waals surface area (Å²) in [5.41, 5.74) is 1.15. The molecule has 2 aromatic rings. The lowest BCUT2D eigenvalue weighted by Gasteiger charge is -2.18. The first-order chi connectivity index (χ1) is 10.4. The zero-order chi connectivity index (χ0) is 14.5. The third-order valence-electron chi connectivity index (χ3n) is 3.78. The van der Waals surface area contributed by atoms with Gasteiger partial charge in [0.15, 0.2) is 0 Å². The van der Waals surface area contributed by atoms with Crippen LogP contribution >= 0.6 is 11.3 Å². The molecule has 112 valence electrons. The van der Waals surface area contributed by atoms with E-state index in [4.69, 9.17) is 9.84 Å². The third kappa shape index (κ3) is 3.84. The molecule has 1 saturated carbocycles. The molecule has 0 aliphatic heterocycles. The average Bonchev–Trinajstić information content (AvgIpc) is 3.21. The molecule has 0 spiro atoms. The van der Waals surface area contributed by atoms with Crippen molar-refractivity contribution in [2.45, 2.75) is 25.4 Å². The van der Waals surface area contributed by atoms with E-state index < -0.39 is 0 Å². The monoisotopic (exact) mass is 303 g/mol. The molecule has 2 N–H and O–H groups in total. The largest absolute Gasteiger partial charge is 0.491 e. The summed E-state index contributed by atoms with van der Waals surface area (Å²) >= 11 is 1.83. The molecule has 1 atom stereocenters. The van der Waals surface area contributed by atoms with Gasteiger partial charge in [0, 0.05) is 23.0 Å². The number of benzene rings is 1. The lowest BCUT2D eigenvalue weighted by Crippen LogP contribution is -2.22. The second-order valence-corrected chi connectivity index (χ2v) is 6.37. The quantitative estimate of drug-likeness (QED) is 0.786. The maximum atomic E-state index is 8.90. The van der Waals surface area contributed by atoms with Crippen LogP contribution in [-0.4, -0.2) is 18.3 Å². The number of aliphatic hydroxyl groups is 1. The summed E-state index contributed by atoms with van der Waals surface area (Å²) in [6.45, 7) is 1.18. The van der Waals surface area contributed by atoms with Gasteiger partial charge in [0.1, 0.15) is 12.4 Å². The van der Waals surface area contributed by atoms with Crippen molar-refractivity contribution in [1.82, 2.24) is 5.32 Å². The van der Waals surface area contributed by atoms with Gasteiger partial charge in [0.05, 0.1) is 6.61 Å². The molecule has 0 radical (unpaired) electrons. The van der Waals surface area contributed by atoms with Crippen LogP contribution in [-0.2, 0) is 6.54 Å². The van der Waals surface area contributed by atoms with Gasteiger partial charge in [0.25, 0.3) is 0 Å². The Kier molecular flexibility index (Phi) is 4.91. The van der Waals surface area contributed by atoms with Crippen molar-refractivity contribution in [2.75, 3.05) is 13.2 Å². The van der Waals surface area contributed by atoms with Gasteiger partial charge in [-0.3, -0.25) is 0 Å². The Bertz CT molecular complexity index is 552. The van der Waals surface area contributed by atoms with E-state index in [1.807, 2.05) is 29.5 Å². The fourth-order valence-corrected chi connectivity index (χ4v) is 3.46. The van der Waals surface area contributed by atoms with Gasteiger partial charge < -0.3 is 15.2 Å². The number of aliphatic hydroxyl groups excluding tert-OH is 1. The maximum Gasteiger partial charge on any atom is 0.123 e. The fourth-order valence-electron chi connectivity index (χ4n) is 2.56. The molecule has 1 aromatic carbocycles. The summed E-state index contributed by atoms with van der Waals surface area (Å²) in [5.74, 6) is 1.63. The summed E-state index contributed by atoms with van der Waals surface area (Å²) in [5, 5.41) is 14.7. The number of rotatable bonds is 8. The van der Waals surface area contributed by atoms with Crippen LogP contribution in [0.4, 0.5) is 0 Å². The van der Waals surface area contributed by atoms with Gasteiger partial charge >= 0.3 is 0 Å². The summed E-state index contributed by atoms with van der Waals surface area (Å²) in [4.78, 5) is 1.42. The smallest absolute Gasteiger partial charge is 0.123 e. The molecule has 0 amide bonds. The van der Waals surface area contributed by atoms with Crippen molar-refractivity contribution in [3.8, 4) is 5.75 Å². The Morgan fingerprint density at radius 2 is 2.10 bits per heavy atom. The molecule has 1 unspecified atom stereocenters. The minimum absolute atomic E-state index is 0.0433. The van der Waals surface area contributed by atoms with Crippen LogP contribution in [0.25, 0.3) is 0 Å². The lowest BCUT2D eigenvalue weighted by molar-refractivity contribution is 0.200. The second-order valence-electron chi connectivity index (χ2n) is 5.39. The van der Waals surface area contributed by atoms with Gasteiger partial charge in [-0.1, -0.05) is 24.3 Å². The maximum absolute atomic E-state index is 8.90. The van der Waals surface area contributed by atoms with E-state index in [2.05, 4.69) is 28.9 Å². The molecule has 1 aliphatic carbocycles. The average molecular weight is 303 g/mol. The van der Waals surface area contributed by atoms with Crippen LogP contribution in [0, 0.1) is 5.92 Å². The predicted octanol–water partition coefficient (Wildman–Crippen LogP) is 3.36. The van der Waals surface area contributed by atoms with E-state index in [0.29, 0.717) is 12.6 Å². The van der Waals surface area contributed by atoms with Crippen molar-refractivity contribution in [3.63, 3.8) is 0 Å². The summed E-state index contributed by atoms with van der Waals surface area (Å²) < 4.78 is 5.60. The standard InChI is InChI=1S/C17H21NO2S/c19-9-10-20-15-5-2-1-4-14(15)12-18-17(13-7-8-13)16-6-3-11-21-16/h1-6,11,13,17-19H,7-10,12H2. The molecule has 0 bridgehead atoms. The van der Waals surface area contributed by atoms with E-state index in [1.165, 1.54) is 17.7 Å². The molecule has 0 saturated heterocycles. The Balaban J connectivity index is 1.66. The number of ether oxygens (including phenoxy) is 1. The van der Waals surface area contributed by atoms with Crippen molar-refractivity contribution >= 4 is 11.3 Å². The van der Waals surface area contributed by atoms with Crippen LogP contribution in [0.1, 0.15) is 29.3 Å². The number of thiophene rings is 1. The highest BCUT2D eigenvalue weighted by atomic mass is 32.1. The number of para-hydroxylation sites is 1. The Morgan fingerprint density at radius 3 is 2.81 bits per heavy atom. The molecule has 1 aliphatic rings. The Morgan fingerprint density at radius 1 is 1.24 bits per heavy atom. The predicted molar refractivity (Wildman–Crippen MR) is 85.6 cm³/mol. The van der Waals surface area contributed by atoms with Crippen LogP contribution in [0.3, 0.4) is 0 Å². The Labute approximate surface area is 129 Å². The molecule has 3 rings (SSSR count). The lowest BCUT2D eigenvalue weighted by atomic mass is 10.1. The second kappa shape index (κ2) is 7.07. The molecule has 1 fully saturated rings. The highest BCUT2D eigenvalue weighted by Gasteiger charge is 2.32. The van der Waals surface area contributed by atoms with Crippen molar-refractivity contribution in [1.29, 1.82) is 0 Å². The number of hydrogen-bond donors (Lipinski definition) is 2. The first kappa shape index (κ1) is 14.6. The zero-order valence-corrected chi connectivity index (χ0v) is 12.8. The Hall–Kier alpha value is -1.36. The van der Waals surface area contributed by atoms with Gasteiger partial charge in [-0.25, -0.2) is 0 Å². The minimum Gasteiger partial charge on any atom is -0.491 e. The van der Waals surface area contributed by atoms with E-state index in [1.54, 1.807) is 0 Å². The minimum atomic E-state index is 0.0433. The number of nitrogens with one attached hydrogen (secondary N) is 1. The summed E-state index contributed by atoms with van der Waals surface area (Å²) in [6.07, 6.45) is 2.64. The SMILES string of the molecule is OCCOc1ccccc1CNC(c1cccs1)C1CC1. The highest BCUT2D eigenvalue weighted by Crippen LogP contribution is 2.42. The molecule has 1 heterocycles. The summed E-state index contributed by atoms with van der Waals surface area (Å²) in [7, 11) is 0. The summed E-state index contributed by atoms with van der Waals surface area (Å²) in [6, 6.07) is 12.8. The van der Waals surface area contributed by atoms with Crippen molar-refractivity contribution in [2.24, 2.45) is 5.92 Å². The van der Waals surface area contributed by atoms with Gasteiger partial charge in [-0.15, -0.1) is 11.3 Å². The van der Waals surface area contributed by atoms with Gasteiger partial charge in [0.2, 0.25) is 0 Å². The zero-order valence-electron chi connectivity index (χ0n) is 12.0. The topological polar surface area (TPSA) is 41.5 Å². The fraction of sp³-hybridized carbons (Fsp3) is 0.412. The van der Waals surface area contributed by atoms with Crippen LogP contribution in [0.2, 0.25) is 0 Å². The van der Waals surface area contributed by atoms with Crippen LogP contribution in [0.15, 0.2) is 41.8 Å². The highest BCUT2D eigenvalue weighted by molar-refractivity contribution is 7.10. The van der Waals surface area contributed by atoms with Crippen molar-refractivity contribution < 1.29 is 9.84 Å². The molecular weight excluding hydrogens is 282 g/mol. The molecule has 4 heteroatoms. The van der Waals surface area contributed by atoms with E-state index in [-0.39, 0.29) is 6.61 Å². The first-order valence-corrected chi connectivity index (χ1v) is 8.35. The van der Waals surface area contributed by atoms with E-state index in [0.717, 1.165) is 23.8 Å². The van der Waals surface area contributed by atoms with Gasteiger partial charge in [-0.05, 0) is 36.3 Å². The third-order valence-corrected chi connectivity index (χ3v) is 4.73. The normalized spacial score (nSPS) is 15.9. The number of hydrogen-bond acceptors (Lipinski definition) is 4. The van der Waals surface area contributed by atoms with E-state index in [9.17, 15) is 0 Å².